The van der Waals surface area contributed by atoms with E-state index in [-0.39, 0.29) is 6.61 Å². The monoisotopic (exact) mass is 237 g/mol. The lowest BCUT2D eigenvalue weighted by Crippen LogP contribution is -2.30. The smallest absolute Gasteiger partial charge is 0.151 e. The first-order valence-electron chi connectivity index (χ1n) is 6.43. The molecular weight excluding hydrogens is 214 g/mol. The average molecular weight is 237 g/mol. The SMILES string of the molecule is CCC(CC)CN(CC)c1ccc(CO)nn1. The molecule has 0 amide bonds. The molecule has 0 bridgehead atoms. The Labute approximate surface area is 104 Å². The van der Waals surface area contributed by atoms with Crippen LogP contribution in [0, 0.1) is 5.92 Å². The molecule has 96 valence electrons. The summed E-state index contributed by atoms with van der Waals surface area (Å²) >= 11 is 0. The minimum atomic E-state index is -0.0497. The molecule has 0 unspecified atom stereocenters. The fourth-order valence-electron chi connectivity index (χ4n) is 1.85. The average Bonchev–Trinajstić information content (AvgIpc) is 2.40. The summed E-state index contributed by atoms with van der Waals surface area (Å²) in [4.78, 5) is 2.24. The maximum absolute atomic E-state index is 8.93. The molecule has 1 N–H and O–H groups in total. The van der Waals surface area contributed by atoms with Gasteiger partial charge >= 0.3 is 0 Å². The third kappa shape index (κ3) is 3.97. The summed E-state index contributed by atoms with van der Waals surface area (Å²) in [5, 5.41) is 17.1. The molecule has 17 heavy (non-hydrogen) atoms. The van der Waals surface area contributed by atoms with E-state index < -0.39 is 0 Å². The molecule has 4 heteroatoms. The second kappa shape index (κ2) is 7.22. The van der Waals surface area contributed by atoms with E-state index >= 15 is 0 Å². The van der Waals surface area contributed by atoms with Crippen molar-refractivity contribution in [2.24, 2.45) is 5.92 Å². The Morgan fingerprint density at radius 2 is 1.88 bits per heavy atom. The maximum Gasteiger partial charge on any atom is 0.151 e. The van der Waals surface area contributed by atoms with Gasteiger partial charge in [0.15, 0.2) is 5.82 Å². The first-order chi connectivity index (χ1) is 8.24. The van der Waals surface area contributed by atoms with Crippen LogP contribution >= 0.6 is 0 Å². The van der Waals surface area contributed by atoms with Crippen LogP contribution in [0.5, 0.6) is 0 Å². The zero-order valence-electron chi connectivity index (χ0n) is 11.1. The van der Waals surface area contributed by atoms with Crippen molar-refractivity contribution in [1.29, 1.82) is 0 Å². The van der Waals surface area contributed by atoms with E-state index in [0.29, 0.717) is 11.6 Å². The molecule has 0 aliphatic heterocycles. The Morgan fingerprint density at radius 3 is 2.29 bits per heavy atom. The summed E-state index contributed by atoms with van der Waals surface area (Å²) in [7, 11) is 0. The molecule has 0 aliphatic carbocycles. The lowest BCUT2D eigenvalue weighted by molar-refractivity contribution is 0.275. The van der Waals surface area contributed by atoms with Gasteiger partial charge in [0.1, 0.15) is 0 Å². The summed E-state index contributed by atoms with van der Waals surface area (Å²) in [6, 6.07) is 3.77. The van der Waals surface area contributed by atoms with E-state index in [2.05, 4.69) is 35.9 Å². The summed E-state index contributed by atoms with van der Waals surface area (Å²) in [5.74, 6) is 1.60. The van der Waals surface area contributed by atoms with E-state index in [4.69, 9.17) is 5.11 Å². The molecule has 0 spiro atoms. The highest BCUT2D eigenvalue weighted by atomic mass is 16.3. The van der Waals surface area contributed by atoms with Gasteiger partial charge in [-0.25, -0.2) is 0 Å². The van der Waals surface area contributed by atoms with Crippen LogP contribution in [0.3, 0.4) is 0 Å². The Kier molecular flexibility index (Phi) is 5.91. The molecule has 0 atom stereocenters. The van der Waals surface area contributed by atoms with E-state index in [0.717, 1.165) is 18.9 Å². The van der Waals surface area contributed by atoms with Crippen molar-refractivity contribution in [3.63, 3.8) is 0 Å². The Hall–Kier alpha value is -1.16. The van der Waals surface area contributed by atoms with Gasteiger partial charge in [0.25, 0.3) is 0 Å². The fraction of sp³-hybridized carbons (Fsp3) is 0.692. The molecule has 0 aromatic carbocycles. The maximum atomic E-state index is 8.93. The van der Waals surface area contributed by atoms with Gasteiger partial charge in [-0.2, -0.15) is 5.10 Å². The van der Waals surface area contributed by atoms with Crippen molar-refractivity contribution in [3.8, 4) is 0 Å². The molecule has 1 heterocycles. The van der Waals surface area contributed by atoms with E-state index in [1.54, 1.807) is 0 Å². The molecule has 0 aliphatic rings. The van der Waals surface area contributed by atoms with Crippen molar-refractivity contribution in [1.82, 2.24) is 10.2 Å². The molecule has 0 saturated heterocycles. The number of rotatable bonds is 7. The van der Waals surface area contributed by atoms with Crippen LogP contribution in [0.25, 0.3) is 0 Å². The third-order valence-electron chi connectivity index (χ3n) is 3.21. The van der Waals surface area contributed by atoms with Gasteiger partial charge in [-0.3, -0.25) is 0 Å². The Balaban J connectivity index is 2.71. The van der Waals surface area contributed by atoms with Crippen LogP contribution in [-0.4, -0.2) is 28.4 Å². The number of aromatic nitrogens is 2. The molecule has 4 nitrogen and oxygen atoms in total. The Bertz CT molecular complexity index is 309. The molecule has 1 aromatic heterocycles. The first-order valence-corrected chi connectivity index (χ1v) is 6.43. The van der Waals surface area contributed by atoms with Crippen LogP contribution in [0.4, 0.5) is 5.82 Å². The summed E-state index contributed by atoms with van der Waals surface area (Å²) in [6.45, 7) is 8.49. The minimum Gasteiger partial charge on any atom is -0.390 e. The van der Waals surface area contributed by atoms with Crippen molar-refractivity contribution < 1.29 is 5.11 Å². The van der Waals surface area contributed by atoms with Crippen LogP contribution in [-0.2, 0) is 6.61 Å². The predicted octanol–water partition coefficient (Wildman–Crippen LogP) is 2.23. The van der Waals surface area contributed by atoms with Crippen LogP contribution in [0.1, 0.15) is 39.3 Å². The van der Waals surface area contributed by atoms with Crippen LogP contribution in [0.2, 0.25) is 0 Å². The largest absolute Gasteiger partial charge is 0.390 e. The highest BCUT2D eigenvalue weighted by Crippen LogP contribution is 2.15. The second-order valence-electron chi connectivity index (χ2n) is 4.26. The van der Waals surface area contributed by atoms with Gasteiger partial charge in [0.2, 0.25) is 0 Å². The summed E-state index contributed by atoms with van der Waals surface area (Å²) in [6.07, 6.45) is 2.38. The molecule has 0 fully saturated rings. The fourth-order valence-corrected chi connectivity index (χ4v) is 1.85. The van der Waals surface area contributed by atoms with Crippen molar-refractivity contribution in [3.05, 3.63) is 17.8 Å². The number of anilines is 1. The van der Waals surface area contributed by atoms with Gasteiger partial charge in [0.05, 0.1) is 12.3 Å². The number of nitrogens with zero attached hydrogens (tertiary/aromatic N) is 3. The van der Waals surface area contributed by atoms with E-state index in [9.17, 15) is 0 Å². The van der Waals surface area contributed by atoms with Gasteiger partial charge in [0, 0.05) is 13.1 Å². The van der Waals surface area contributed by atoms with Crippen LogP contribution in [0.15, 0.2) is 12.1 Å². The number of hydrogen-bond acceptors (Lipinski definition) is 4. The molecule has 0 radical (unpaired) electrons. The van der Waals surface area contributed by atoms with Gasteiger partial charge in [-0.15, -0.1) is 5.10 Å². The van der Waals surface area contributed by atoms with Gasteiger partial charge < -0.3 is 10.0 Å². The quantitative estimate of drug-likeness (QED) is 0.790. The summed E-state index contributed by atoms with van der Waals surface area (Å²) in [5.41, 5.74) is 0.618. The molecular formula is C13H23N3O. The van der Waals surface area contributed by atoms with E-state index in [1.807, 2.05) is 12.1 Å². The summed E-state index contributed by atoms with van der Waals surface area (Å²) < 4.78 is 0. The zero-order valence-corrected chi connectivity index (χ0v) is 11.1. The first kappa shape index (κ1) is 13.9. The second-order valence-corrected chi connectivity index (χ2v) is 4.26. The molecule has 0 saturated carbocycles. The zero-order chi connectivity index (χ0) is 12.7. The number of aliphatic hydroxyl groups excluding tert-OH is 1. The van der Waals surface area contributed by atoms with Gasteiger partial charge in [-0.05, 0) is 25.0 Å². The standard InChI is InChI=1S/C13H23N3O/c1-4-11(5-2)9-16(6-3)13-8-7-12(10-17)14-15-13/h7-8,11,17H,4-6,9-10H2,1-3H3. The third-order valence-corrected chi connectivity index (χ3v) is 3.21. The predicted molar refractivity (Wildman–Crippen MR) is 69.9 cm³/mol. The number of aliphatic hydroxyl groups is 1. The van der Waals surface area contributed by atoms with Crippen molar-refractivity contribution in [2.45, 2.75) is 40.2 Å². The topological polar surface area (TPSA) is 49.2 Å². The molecule has 1 aromatic rings. The highest BCUT2D eigenvalue weighted by Gasteiger charge is 2.12. The molecule has 1 rings (SSSR count). The minimum absolute atomic E-state index is 0.0497. The normalized spacial score (nSPS) is 10.9. The lowest BCUT2D eigenvalue weighted by atomic mass is 10.0. The van der Waals surface area contributed by atoms with Crippen LogP contribution < -0.4 is 4.90 Å². The van der Waals surface area contributed by atoms with Gasteiger partial charge in [-0.1, -0.05) is 26.7 Å². The highest BCUT2D eigenvalue weighted by molar-refractivity contribution is 5.37. The Morgan fingerprint density at radius 1 is 1.18 bits per heavy atom. The number of hydrogen-bond donors (Lipinski definition) is 1. The van der Waals surface area contributed by atoms with Crippen molar-refractivity contribution >= 4 is 5.82 Å². The van der Waals surface area contributed by atoms with Crippen molar-refractivity contribution in [2.75, 3.05) is 18.0 Å². The van der Waals surface area contributed by atoms with E-state index in [1.165, 1.54) is 12.8 Å². The lowest BCUT2D eigenvalue weighted by Gasteiger charge is -2.25.